The van der Waals surface area contributed by atoms with Crippen molar-refractivity contribution < 1.29 is 48.9 Å². The van der Waals surface area contributed by atoms with Crippen LogP contribution in [-0.4, -0.2) is 33.9 Å². The van der Waals surface area contributed by atoms with E-state index >= 15 is 0 Å². The van der Waals surface area contributed by atoms with Crippen molar-refractivity contribution in [3.63, 3.8) is 0 Å². The number of sulfonamides is 2. The van der Waals surface area contributed by atoms with Gasteiger partial charge in [-0.05, 0) is 19.3 Å². The Morgan fingerprint density at radius 2 is 1.20 bits per heavy atom. The van der Waals surface area contributed by atoms with Gasteiger partial charge in [0.05, 0.1) is 6.04 Å². The highest BCUT2D eigenvalue weighted by Crippen LogP contribution is 2.36. The maximum atomic E-state index is 11.4. The smallest absolute Gasteiger partial charge is 0.421 e. The first-order chi connectivity index (χ1) is 11.0. The van der Waals surface area contributed by atoms with E-state index < -0.39 is 31.1 Å². The van der Waals surface area contributed by atoms with Gasteiger partial charge in [-0.3, -0.25) is 0 Å². The molecule has 0 aromatic rings. The maximum absolute atomic E-state index is 11.4. The Labute approximate surface area is 143 Å². The van der Waals surface area contributed by atoms with Crippen LogP contribution in [0.2, 0.25) is 0 Å². The highest BCUT2D eigenvalue weighted by atomic mass is 32.3. The molecule has 0 aromatic heterocycles. The minimum atomic E-state index is -6.72. The predicted molar refractivity (Wildman–Crippen MR) is 79.0 cm³/mol. The Morgan fingerprint density at radius 3 is 1.48 bits per heavy atom. The fourth-order valence-electron chi connectivity index (χ4n) is 1.45. The molecule has 0 aliphatic heterocycles. The molecular weight excluding hydrogens is 402 g/mol. The van der Waals surface area contributed by atoms with Crippen LogP contribution in [0.15, 0.2) is 0 Å². The third-order valence-corrected chi connectivity index (χ3v) is 5.43. The summed E-state index contributed by atoms with van der Waals surface area (Å²) in [6, 6.07) is 0.719. The van der Waals surface area contributed by atoms with E-state index in [1.165, 1.54) is 38.5 Å². The summed E-state index contributed by atoms with van der Waals surface area (Å²) in [6.07, 6.45) is 8.03. The van der Waals surface area contributed by atoms with Crippen LogP contribution in [0.4, 0.5) is 26.3 Å². The molecule has 14 heteroatoms. The second-order valence-electron chi connectivity index (χ2n) is 5.07. The molecule has 0 spiro atoms. The highest BCUT2D eigenvalue weighted by molar-refractivity contribution is 8.13. The van der Waals surface area contributed by atoms with Crippen LogP contribution >= 0.6 is 0 Å². The maximum Gasteiger partial charge on any atom is 0.480 e. The van der Waals surface area contributed by atoms with E-state index in [4.69, 9.17) is 0 Å². The van der Waals surface area contributed by atoms with Crippen molar-refractivity contribution in [1.29, 1.82) is 0 Å². The number of rotatable bonds is 8. The van der Waals surface area contributed by atoms with Crippen LogP contribution < -0.4 is 5.73 Å². The molecular formula is C11H22F6N2O4S2. The zero-order chi connectivity index (χ0) is 20.5. The molecule has 1 atom stereocenters. The fraction of sp³-hybridized carbons (Fsp3) is 1.00. The number of unbranched alkanes of at least 4 members (excludes halogenated alkanes) is 2. The Hall–Kier alpha value is -0.600. The van der Waals surface area contributed by atoms with Gasteiger partial charge >= 0.3 is 11.0 Å². The van der Waals surface area contributed by atoms with Crippen molar-refractivity contribution in [2.75, 3.05) is 0 Å². The van der Waals surface area contributed by atoms with E-state index in [0.29, 0.717) is 0 Å². The van der Waals surface area contributed by atoms with Crippen LogP contribution in [0.5, 0.6) is 0 Å². The highest BCUT2D eigenvalue weighted by Gasteiger charge is 2.46. The number of halogens is 6. The van der Waals surface area contributed by atoms with Crippen molar-refractivity contribution in [2.45, 2.75) is 69.4 Å². The molecule has 0 saturated heterocycles. The number of hydrogen-bond donors (Lipinski definition) is 1. The molecule has 154 valence electrons. The van der Waals surface area contributed by atoms with Crippen molar-refractivity contribution in [2.24, 2.45) is 0 Å². The Kier molecular flexibility index (Phi) is 11.2. The van der Waals surface area contributed by atoms with Crippen molar-refractivity contribution in [3.8, 4) is 0 Å². The molecule has 0 amide bonds. The lowest BCUT2D eigenvalue weighted by Crippen LogP contribution is -2.60. The van der Waals surface area contributed by atoms with Gasteiger partial charge in [0.15, 0.2) is 20.0 Å². The average Bonchev–Trinajstić information content (AvgIpc) is 2.36. The summed E-state index contributed by atoms with van der Waals surface area (Å²) in [5, 5.41) is 0. The van der Waals surface area contributed by atoms with Gasteiger partial charge in [-0.15, -0.1) is 0 Å². The van der Waals surface area contributed by atoms with E-state index in [9.17, 15) is 43.2 Å². The average molecular weight is 424 g/mol. The lowest BCUT2D eigenvalue weighted by molar-refractivity contribution is -0.422. The van der Waals surface area contributed by atoms with Gasteiger partial charge in [0.1, 0.15) is 0 Å². The monoisotopic (exact) mass is 424 g/mol. The van der Waals surface area contributed by atoms with Crippen LogP contribution in [-0.2, 0) is 20.0 Å². The molecule has 25 heavy (non-hydrogen) atoms. The first-order valence-electron chi connectivity index (χ1n) is 7.21. The molecule has 1 unspecified atom stereocenters. The summed E-state index contributed by atoms with van der Waals surface area (Å²) in [5.74, 6) is 0. The summed E-state index contributed by atoms with van der Waals surface area (Å²) in [4.78, 5) is 0. The minimum absolute atomic E-state index is 0.719. The van der Waals surface area contributed by atoms with Gasteiger partial charge in [-0.25, -0.2) is 16.8 Å². The quantitative estimate of drug-likeness (QED) is 0.477. The third-order valence-electron chi connectivity index (χ3n) is 2.69. The molecule has 6 nitrogen and oxygen atoms in total. The summed E-state index contributed by atoms with van der Waals surface area (Å²) in [6.45, 7) is 4.48. The molecule has 0 aliphatic rings. The van der Waals surface area contributed by atoms with Crippen molar-refractivity contribution in [3.05, 3.63) is 4.13 Å². The first kappa shape index (κ1) is 26.6. The van der Waals surface area contributed by atoms with Crippen molar-refractivity contribution >= 4 is 20.0 Å². The summed E-state index contributed by atoms with van der Waals surface area (Å²) in [5.41, 5.74) is -8.31. The van der Waals surface area contributed by atoms with Gasteiger partial charge in [0.25, 0.3) is 0 Å². The molecule has 0 rings (SSSR count). The van der Waals surface area contributed by atoms with E-state index in [1.807, 2.05) is 0 Å². The molecule has 0 saturated carbocycles. The molecule has 0 aromatic carbocycles. The normalized spacial score (nSPS) is 14.6. The van der Waals surface area contributed by atoms with Gasteiger partial charge < -0.3 is 9.86 Å². The van der Waals surface area contributed by atoms with E-state index in [2.05, 4.69) is 19.6 Å². The van der Waals surface area contributed by atoms with Gasteiger partial charge in [-0.1, -0.05) is 33.1 Å². The van der Waals surface area contributed by atoms with E-state index in [1.54, 1.807) is 0 Å². The molecule has 3 N–H and O–H groups in total. The van der Waals surface area contributed by atoms with Gasteiger partial charge in [-0.2, -0.15) is 26.3 Å². The number of quaternary nitrogens is 1. The zero-order valence-electron chi connectivity index (χ0n) is 13.7. The van der Waals surface area contributed by atoms with Crippen LogP contribution in [0.25, 0.3) is 4.13 Å². The number of alkyl halides is 6. The summed E-state index contributed by atoms with van der Waals surface area (Å²) < 4.78 is 109. The fourth-order valence-corrected chi connectivity index (χ4v) is 3.16. The van der Waals surface area contributed by atoms with Gasteiger partial charge in [0, 0.05) is 0 Å². The Balaban J connectivity index is 0. The SMILES string of the molecule is CCCCCC([NH3+])CCC.O=S(=O)([N-]S(=O)(=O)C(F)(F)F)C(F)(F)F. The van der Waals surface area contributed by atoms with Gasteiger partial charge in [0.2, 0.25) is 0 Å². The zero-order valence-corrected chi connectivity index (χ0v) is 15.3. The molecule has 0 fully saturated rings. The minimum Gasteiger partial charge on any atom is -0.421 e. The third kappa shape index (κ3) is 10.9. The molecule has 0 heterocycles. The van der Waals surface area contributed by atoms with Crippen LogP contribution in [0, 0.1) is 0 Å². The standard InChI is InChI=1S/C9H21N.C2F6NO4S2/c1-3-5-6-8-9(10)7-4-2;3-1(4,5)14(10,11)9-15(12,13)2(6,7)8/h9H,3-8,10H2,1-2H3;/q;-1/p+1. The van der Waals surface area contributed by atoms with E-state index in [0.717, 1.165) is 10.2 Å². The summed E-state index contributed by atoms with van der Waals surface area (Å²) >= 11 is 0. The molecule has 0 aliphatic carbocycles. The largest absolute Gasteiger partial charge is 0.480 e. The van der Waals surface area contributed by atoms with Crippen LogP contribution in [0.1, 0.15) is 52.4 Å². The lowest BCUT2D eigenvalue weighted by atomic mass is 10.1. The molecule has 0 radical (unpaired) electrons. The second kappa shape index (κ2) is 10.5. The van der Waals surface area contributed by atoms with E-state index in [-0.39, 0.29) is 0 Å². The second-order valence-corrected chi connectivity index (χ2v) is 8.49. The van der Waals surface area contributed by atoms with Crippen LogP contribution in [0.3, 0.4) is 0 Å². The Bertz CT molecular complexity index is 530. The number of hydrogen-bond acceptors (Lipinski definition) is 4. The van der Waals surface area contributed by atoms with Crippen molar-refractivity contribution in [1.82, 2.24) is 0 Å². The lowest BCUT2D eigenvalue weighted by Gasteiger charge is -2.22. The first-order valence-corrected chi connectivity index (χ1v) is 10.1. The Morgan fingerprint density at radius 1 is 0.800 bits per heavy atom. The topological polar surface area (TPSA) is 110 Å². The predicted octanol–water partition coefficient (Wildman–Crippen LogP) is 3.04. The number of nitrogens with zero attached hydrogens (tertiary/aromatic N) is 1. The summed E-state index contributed by atoms with van der Waals surface area (Å²) in [7, 11) is -13.4. The molecule has 0 bridgehead atoms.